The van der Waals surface area contributed by atoms with Crippen molar-refractivity contribution in [3.63, 3.8) is 0 Å². The lowest BCUT2D eigenvalue weighted by Gasteiger charge is -2.17. The van der Waals surface area contributed by atoms with Gasteiger partial charge < -0.3 is 15.2 Å². The van der Waals surface area contributed by atoms with Gasteiger partial charge in [0.1, 0.15) is 0 Å². The summed E-state index contributed by atoms with van der Waals surface area (Å²) < 4.78 is 5.28. The predicted octanol–water partition coefficient (Wildman–Crippen LogP) is 0.772. The first-order valence-electron chi connectivity index (χ1n) is 5.17. The van der Waals surface area contributed by atoms with Gasteiger partial charge in [-0.3, -0.25) is 0 Å². The molecule has 0 aromatic heterocycles. The third kappa shape index (κ3) is 4.60. The maximum atomic E-state index is 9.15. The van der Waals surface area contributed by atoms with Crippen molar-refractivity contribution in [1.82, 2.24) is 5.32 Å². The van der Waals surface area contributed by atoms with Gasteiger partial charge in [0.15, 0.2) is 0 Å². The van der Waals surface area contributed by atoms with E-state index in [1.807, 2.05) is 6.92 Å². The highest BCUT2D eigenvalue weighted by Crippen LogP contribution is 2.11. The zero-order valence-corrected chi connectivity index (χ0v) is 8.62. The molecule has 0 radical (unpaired) electrons. The molecule has 2 N–H and O–H groups in total. The molecule has 3 atom stereocenters. The van der Waals surface area contributed by atoms with Gasteiger partial charge in [-0.15, -0.1) is 0 Å². The Balaban J connectivity index is 2.03. The molecule has 0 bridgehead atoms. The van der Waals surface area contributed by atoms with Crippen molar-refractivity contribution in [2.75, 3.05) is 19.8 Å². The first-order chi connectivity index (χ1) is 6.18. The van der Waals surface area contributed by atoms with E-state index in [-0.39, 0.29) is 6.10 Å². The van der Waals surface area contributed by atoms with E-state index in [1.165, 1.54) is 6.42 Å². The number of hydrogen-bond donors (Lipinski definition) is 2. The molecule has 1 aliphatic rings. The van der Waals surface area contributed by atoms with Crippen LogP contribution in [-0.4, -0.2) is 37.0 Å². The van der Waals surface area contributed by atoms with Crippen molar-refractivity contribution in [2.24, 2.45) is 5.92 Å². The Kier molecular flexibility index (Phi) is 4.70. The van der Waals surface area contributed by atoms with Gasteiger partial charge in [-0.25, -0.2) is 0 Å². The lowest BCUT2D eigenvalue weighted by molar-refractivity contribution is 0.166. The van der Waals surface area contributed by atoms with Crippen LogP contribution in [0.5, 0.6) is 0 Å². The van der Waals surface area contributed by atoms with E-state index < -0.39 is 0 Å². The zero-order valence-electron chi connectivity index (χ0n) is 8.62. The summed E-state index contributed by atoms with van der Waals surface area (Å²) in [6.07, 6.45) is 1.80. The number of rotatable bonds is 5. The van der Waals surface area contributed by atoms with Crippen LogP contribution in [0.15, 0.2) is 0 Å². The highest BCUT2D eigenvalue weighted by Gasteiger charge is 2.16. The maximum absolute atomic E-state index is 9.15. The van der Waals surface area contributed by atoms with Crippen LogP contribution in [-0.2, 0) is 4.74 Å². The first-order valence-corrected chi connectivity index (χ1v) is 5.17. The van der Waals surface area contributed by atoms with Crippen molar-refractivity contribution >= 4 is 0 Å². The van der Waals surface area contributed by atoms with Crippen LogP contribution >= 0.6 is 0 Å². The summed E-state index contributed by atoms with van der Waals surface area (Å²) >= 11 is 0. The molecule has 1 heterocycles. The normalized spacial score (nSPS) is 27.5. The average Bonchev–Trinajstić information content (AvgIpc) is 2.51. The fourth-order valence-electron chi connectivity index (χ4n) is 1.71. The van der Waals surface area contributed by atoms with Crippen LogP contribution in [0, 0.1) is 5.92 Å². The van der Waals surface area contributed by atoms with Gasteiger partial charge in [0, 0.05) is 19.2 Å². The molecule has 0 spiro atoms. The fraction of sp³-hybridized carbons (Fsp3) is 1.00. The maximum Gasteiger partial charge on any atom is 0.0526 e. The van der Waals surface area contributed by atoms with E-state index in [9.17, 15) is 0 Å². The molecule has 13 heavy (non-hydrogen) atoms. The molecule has 0 aromatic rings. The van der Waals surface area contributed by atoms with Gasteiger partial charge in [0.25, 0.3) is 0 Å². The number of aliphatic hydroxyl groups is 1. The largest absolute Gasteiger partial charge is 0.393 e. The van der Waals surface area contributed by atoms with Crippen molar-refractivity contribution in [3.05, 3.63) is 0 Å². The predicted molar refractivity (Wildman–Crippen MR) is 52.7 cm³/mol. The lowest BCUT2D eigenvalue weighted by atomic mass is 10.1. The van der Waals surface area contributed by atoms with Crippen LogP contribution in [0.3, 0.4) is 0 Å². The van der Waals surface area contributed by atoms with Crippen molar-refractivity contribution in [3.8, 4) is 0 Å². The molecule has 1 aliphatic heterocycles. The van der Waals surface area contributed by atoms with Crippen LogP contribution in [0.4, 0.5) is 0 Å². The number of hydrogen-bond acceptors (Lipinski definition) is 3. The van der Waals surface area contributed by atoms with Gasteiger partial charge >= 0.3 is 0 Å². The molecule has 0 aliphatic carbocycles. The standard InChI is InChI=1S/C10H21NO2/c1-8(5-9(2)12)11-6-10-3-4-13-7-10/h8-12H,3-7H2,1-2H3. The monoisotopic (exact) mass is 187 g/mol. The Labute approximate surface area is 80.5 Å². The Bertz CT molecular complexity index is 133. The van der Waals surface area contributed by atoms with Crippen LogP contribution < -0.4 is 5.32 Å². The molecular formula is C10H21NO2. The minimum atomic E-state index is -0.206. The van der Waals surface area contributed by atoms with Gasteiger partial charge in [-0.2, -0.15) is 0 Å². The summed E-state index contributed by atoms with van der Waals surface area (Å²) in [6, 6.07) is 0.403. The highest BCUT2D eigenvalue weighted by atomic mass is 16.5. The highest BCUT2D eigenvalue weighted by molar-refractivity contribution is 4.70. The molecular weight excluding hydrogens is 166 g/mol. The molecule has 1 saturated heterocycles. The Morgan fingerprint density at radius 3 is 2.85 bits per heavy atom. The molecule has 3 heteroatoms. The SMILES string of the molecule is CC(O)CC(C)NCC1CCOC1. The van der Waals surface area contributed by atoms with Crippen molar-refractivity contribution in [1.29, 1.82) is 0 Å². The van der Waals surface area contributed by atoms with E-state index in [4.69, 9.17) is 9.84 Å². The Hall–Kier alpha value is -0.120. The van der Waals surface area contributed by atoms with Gasteiger partial charge in [-0.1, -0.05) is 0 Å². The molecule has 3 unspecified atom stereocenters. The number of ether oxygens (including phenoxy) is 1. The topological polar surface area (TPSA) is 41.5 Å². The molecule has 1 fully saturated rings. The van der Waals surface area contributed by atoms with Crippen LogP contribution in [0.25, 0.3) is 0 Å². The third-order valence-electron chi connectivity index (χ3n) is 2.47. The average molecular weight is 187 g/mol. The quantitative estimate of drug-likeness (QED) is 0.668. The molecule has 1 rings (SSSR count). The van der Waals surface area contributed by atoms with Crippen LogP contribution in [0.2, 0.25) is 0 Å². The Morgan fingerprint density at radius 2 is 2.31 bits per heavy atom. The summed E-state index contributed by atoms with van der Waals surface area (Å²) in [4.78, 5) is 0. The van der Waals surface area contributed by atoms with Gasteiger partial charge in [0.05, 0.1) is 12.7 Å². The summed E-state index contributed by atoms with van der Waals surface area (Å²) in [5.41, 5.74) is 0. The Morgan fingerprint density at radius 1 is 1.54 bits per heavy atom. The second-order valence-corrected chi connectivity index (χ2v) is 4.12. The van der Waals surface area contributed by atoms with E-state index in [2.05, 4.69) is 12.2 Å². The van der Waals surface area contributed by atoms with Crippen LogP contribution in [0.1, 0.15) is 26.7 Å². The second-order valence-electron chi connectivity index (χ2n) is 4.12. The lowest BCUT2D eigenvalue weighted by Crippen LogP contribution is -2.33. The van der Waals surface area contributed by atoms with E-state index in [0.717, 1.165) is 26.2 Å². The van der Waals surface area contributed by atoms with Gasteiger partial charge in [0.2, 0.25) is 0 Å². The second kappa shape index (κ2) is 5.58. The third-order valence-corrected chi connectivity index (χ3v) is 2.47. The van der Waals surface area contributed by atoms with Crippen molar-refractivity contribution in [2.45, 2.75) is 38.8 Å². The summed E-state index contributed by atoms with van der Waals surface area (Å²) in [6.45, 7) is 6.78. The fourth-order valence-corrected chi connectivity index (χ4v) is 1.71. The number of nitrogens with one attached hydrogen (secondary N) is 1. The first kappa shape index (κ1) is 11.0. The van der Waals surface area contributed by atoms with E-state index >= 15 is 0 Å². The van der Waals surface area contributed by atoms with E-state index in [0.29, 0.717) is 12.0 Å². The minimum Gasteiger partial charge on any atom is -0.393 e. The molecule has 3 nitrogen and oxygen atoms in total. The molecule has 78 valence electrons. The zero-order chi connectivity index (χ0) is 9.68. The smallest absolute Gasteiger partial charge is 0.0526 e. The molecule has 0 saturated carbocycles. The number of aliphatic hydroxyl groups excluding tert-OH is 1. The van der Waals surface area contributed by atoms with Gasteiger partial charge in [-0.05, 0) is 32.6 Å². The summed E-state index contributed by atoms with van der Waals surface area (Å²) in [7, 11) is 0. The summed E-state index contributed by atoms with van der Waals surface area (Å²) in [5.74, 6) is 0.677. The van der Waals surface area contributed by atoms with E-state index in [1.54, 1.807) is 0 Å². The minimum absolute atomic E-state index is 0.206. The molecule has 0 aromatic carbocycles. The molecule has 0 amide bonds. The summed E-state index contributed by atoms with van der Waals surface area (Å²) in [5, 5.41) is 12.6. The van der Waals surface area contributed by atoms with Crippen molar-refractivity contribution < 1.29 is 9.84 Å².